The maximum atomic E-state index is 11.6. The van der Waals surface area contributed by atoms with Crippen LogP contribution in [0.25, 0.3) is 0 Å². The molecule has 1 aliphatic rings. The molecule has 0 aromatic carbocycles. The number of hydrogen-bond donors (Lipinski definition) is 0. The summed E-state index contributed by atoms with van der Waals surface area (Å²) in [6, 6.07) is 0.311. The van der Waals surface area contributed by atoms with Gasteiger partial charge in [0.1, 0.15) is 0 Å². The van der Waals surface area contributed by atoms with E-state index < -0.39 is 0 Å². The Morgan fingerprint density at radius 2 is 2.31 bits per heavy atom. The Morgan fingerprint density at radius 3 is 2.77 bits per heavy atom. The van der Waals surface area contributed by atoms with Crippen molar-refractivity contribution in [3.8, 4) is 0 Å². The Hall–Kier alpha value is -0.570. The third-order valence-corrected chi connectivity index (χ3v) is 2.43. The van der Waals surface area contributed by atoms with Crippen LogP contribution >= 0.6 is 0 Å². The van der Waals surface area contributed by atoms with Crippen molar-refractivity contribution < 1.29 is 9.53 Å². The van der Waals surface area contributed by atoms with Crippen LogP contribution in [0.3, 0.4) is 0 Å². The van der Waals surface area contributed by atoms with Gasteiger partial charge in [-0.25, -0.2) is 0 Å². The van der Waals surface area contributed by atoms with Crippen molar-refractivity contribution in [2.24, 2.45) is 5.92 Å². The summed E-state index contributed by atoms with van der Waals surface area (Å²) in [5, 5.41) is 0. The quantitative estimate of drug-likeness (QED) is 0.663. The van der Waals surface area contributed by atoms with Gasteiger partial charge in [-0.3, -0.25) is 4.79 Å². The molecule has 1 rings (SSSR count). The standard InChI is InChI=1S/C10H19NO2/c1-8(2)6-10(12)11(3)9-4-5-13-7-9/h8-9H,4-7H2,1-3H3. The smallest absolute Gasteiger partial charge is 0.222 e. The molecule has 0 N–H and O–H groups in total. The van der Waals surface area contributed by atoms with E-state index in [9.17, 15) is 4.79 Å². The summed E-state index contributed by atoms with van der Waals surface area (Å²) in [5.74, 6) is 0.683. The minimum absolute atomic E-state index is 0.241. The van der Waals surface area contributed by atoms with Crippen molar-refractivity contribution in [2.75, 3.05) is 20.3 Å². The van der Waals surface area contributed by atoms with Crippen molar-refractivity contribution in [3.63, 3.8) is 0 Å². The third-order valence-electron chi connectivity index (χ3n) is 2.43. The number of nitrogens with zero attached hydrogens (tertiary/aromatic N) is 1. The summed E-state index contributed by atoms with van der Waals surface area (Å²) < 4.78 is 5.24. The van der Waals surface area contributed by atoms with Gasteiger partial charge < -0.3 is 9.64 Å². The molecule has 0 saturated carbocycles. The van der Waals surface area contributed by atoms with Crippen molar-refractivity contribution in [2.45, 2.75) is 32.7 Å². The zero-order chi connectivity index (χ0) is 9.84. The first-order valence-electron chi connectivity index (χ1n) is 4.94. The summed E-state index contributed by atoms with van der Waals surface area (Å²) >= 11 is 0. The molecule has 1 heterocycles. The summed E-state index contributed by atoms with van der Waals surface area (Å²) in [5.41, 5.74) is 0. The van der Waals surface area contributed by atoms with Crippen LogP contribution in [0, 0.1) is 5.92 Å². The van der Waals surface area contributed by atoms with Gasteiger partial charge in [0.15, 0.2) is 0 Å². The van der Waals surface area contributed by atoms with Crippen LogP contribution in [0.2, 0.25) is 0 Å². The fourth-order valence-electron chi connectivity index (χ4n) is 1.52. The first-order valence-corrected chi connectivity index (χ1v) is 4.94. The Morgan fingerprint density at radius 1 is 1.62 bits per heavy atom. The minimum Gasteiger partial charge on any atom is -0.379 e. The Balaban J connectivity index is 2.36. The van der Waals surface area contributed by atoms with Crippen molar-refractivity contribution in [3.05, 3.63) is 0 Å². The van der Waals surface area contributed by atoms with E-state index in [4.69, 9.17) is 4.74 Å². The van der Waals surface area contributed by atoms with Crippen LogP contribution < -0.4 is 0 Å². The highest BCUT2D eigenvalue weighted by atomic mass is 16.5. The van der Waals surface area contributed by atoms with Crippen LogP contribution in [0.4, 0.5) is 0 Å². The highest BCUT2D eigenvalue weighted by Crippen LogP contribution is 2.13. The first-order chi connectivity index (χ1) is 6.11. The average Bonchev–Trinajstić information content (AvgIpc) is 2.53. The Kier molecular flexibility index (Phi) is 3.72. The molecule has 1 unspecified atom stereocenters. The van der Waals surface area contributed by atoms with E-state index in [-0.39, 0.29) is 5.91 Å². The van der Waals surface area contributed by atoms with E-state index in [0.29, 0.717) is 25.0 Å². The number of rotatable bonds is 3. The van der Waals surface area contributed by atoms with E-state index in [1.165, 1.54) is 0 Å². The van der Waals surface area contributed by atoms with Crippen LogP contribution in [-0.4, -0.2) is 37.1 Å². The SMILES string of the molecule is CC(C)CC(=O)N(C)C1CCOC1. The van der Waals surface area contributed by atoms with Gasteiger partial charge in [0.25, 0.3) is 0 Å². The van der Waals surface area contributed by atoms with E-state index in [1.54, 1.807) is 0 Å². The van der Waals surface area contributed by atoms with Crippen LogP contribution in [-0.2, 0) is 9.53 Å². The van der Waals surface area contributed by atoms with Gasteiger partial charge in [-0.05, 0) is 12.3 Å². The average molecular weight is 185 g/mol. The highest BCUT2D eigenvalue weighted by molar-refractivity contribution is 5.76. The molecule has 0 aromatic rings. The van der Waals surface area contributed by atoms with Gasteiger partial charge in [-0.2, -0.15) is 0 Å². The molecule has 0 radical (unpaired) electrons. The minimum atomic E-state index is 0.241. The topological polar surface area (TPSA) is 29.5 Å². The normalized spacial score (nSPS) is 22.3. The number of ether oxygens (including phenoxy) is 1. The molecule has 3 nitrogen and oxygen atoms in total. The molecule has 3 heteroatoms. The van der Waals surface area contributed by atoms with Crippen molar-refractivity contribution in [1.29, 1.82) is 0 Å². The second kappa shape index (κ2) is 4.61. The number of amides is 1. The predicted molar refractivity (Wildman–Crippen MR) is 51.4 cm³/mol. The summed E-state index contributed by atoms with van der Waals surface area (Å²) in [4.78, 5) is 13.5. The fourth-order valence-corrected chi connectivity index (χ4v) is 1.52. The summed E-state index contributed by atoms with van der Waals surface area (Å²) in [7, 11) is 1.88. The summed E-state index contributed by atoms with van der Waals surface area (Å²) in [6.07, 6.45) is 1.63. The first kappa shape index (κ1) is 10.5. The lowest BCUT2D eigenvalue weighted by atomic mass is 10.1. The van der Waals surface area contributed by atoms with Gasteiger partial charge in [0, 0.05) is 20.1 Å². The monoisotopic (exact) mass is 185 g/mol. The van der Waals surface area contributed by atoms with Gasteiger partial charge in [0.05, 0.1) is 12.6 Å². The molecule has 0 bridgehead atoms. The molecule has 1 aliphatic heterocycles. The molecule has 0 aromatic heterocycles. The molecule has 1 saturated heterocycles. The zero-order valence-electron chi connectivity index (χ0n) is 8.75. The number of carbonyl (C=O) groups is 1. The van der Waals surface area contributed by atoms with E-state index in [0.717, 1.165) is 13.0 Å². The van der Waals surface area contributed by atoms with E-state index in [1.807, 2.05) is 11.9 Å². The molecule has 1 atom stereocenters. The molecule has 76 valence electrons. The molecule has 1 fully saturated rings. The zero-order valence-corrected chi connectivity index (χ0v) is 8.75. The maximum Gasteiger partial charge on any atom is 0.222 e. The third kappa shape index (κ3) is 2.99. The lowest BCUT2D eigenvalue weighted by molar-refractivity contribution is -0.132. The Bertz CT molecular complexity index is 174. The lowest BCUT2D eigenvalue weighted by Crippen LogP contribution is -2.37. The fraction of sp³-hybridized carbons (Fsp3) is 0.900. The van der Waals surface area contributed by atoms with Gasteiger partial charge in [-0.15, -0.1) is 0 Å². The molecule has 0 spiro atoms. The van der Waals surface area contributed by atoms with Crippen LogP contribution in [0.1, 0.15) is 26.7 Å². The second-order valence-corrected chi connectivity index (χ2v) is 4.12. The van der Waals surface area contributed by atoms with Gasteiger partial charge >= 0.3 is 0 Å². The van der Waals surface area contributed by atoms with E-state index >= 15 is 0 Å². The number of likely N-dealkylation sites (N-methyl/N-ethyl adjacent to an activating group) is 1. The largest absolute Gasteiger partial charge is 0.379 e. The van der Waals surface area contributed by atoms with E-state index in [2.05, 4.69) is 13.8 Å². The maximum absolute atomic E-state index is 11.6. The lowest BCUT2D eigenvalue weighted by Gasteiger charge is -2.23. The van der Waals surface area contributed by atoms with Gasteiger partial charge in [-0.1, -0.05) is 13.8 Å². The highest BCUT2D eigenvalue weighted by Gasteiger charge is 2.23. The van der Waals surface area contributed by atoms with Crippen molar-refractivity contribution >= 4 is 5.91 Å². The molecule has 1 amide bonds. The second-order valence-electron chi connectivity index (χ2n) is 4.12. The number of hydrogen-bond acceptors (Lipinski definition) is 2. The molecular formula is C10H19NO2. The van der Waals surface area contributed by atoms with Crippen molar-refractivity contribution in [1.82, 2.24) is 4.90 Å². The number of carbonyl (C=O) groups excluding carboxylic acids is 1. The predicted octanol–water partition coefficient (Wildman–Crippen LogP) is 1.28. The van der Waals surface area contributed by atoms with Crippen LogP contribution in [0.5, 0.6) is 0 Å². The molecule has 13 heavy (non-hydrogen) atoms. The molecule has 0 aliphatic carbocycles. The Labute approximate surface area is 80.1 Å². The molecular weight excluding hydrogens is 166 g/mol. The van der Waals surface area contributed by atoms with Crippen LogP contribution in [0.15, 0.2) is 0 Å². The summed E-state index contributed by atoms with van der Waals surface area (Å²) in [6.45, 7) is 5.64. The van der Waals surface area contributed by atoms with Gasteiger partial charge in [0.2, 0.25) is 5.91 Å².